The molecule has 3 heteroatoms. The van der Waals surface area contributed by atoms with Gasteiger partial charge in [0.05, 0.1) is 0 Å². The Balaban J connectivity index is 2.46. The van der Waals surface area contributed by atoms with Crippen LogP contribution in [0.4, 0.5) is 4.79 Å². The van der Waals surface area contributed by atoms with Gasteiger partial charge in [-0.15, -0.1) is 0 Å². The van der Waals surface area contributed by atoms with Gasteiger partial charge in [0.2, 0.25) is 0 Å². The maximum Gasteiger partial charge on any atom is 0.320 e. The zero-order valence-electron chi connectivity index (χ0n) is 7.79. The van der Waals surface area contributed by atoms with Gasteiger partial charge < -0.3 is 9.80 Å². The molecule has 0 fully saturated rings. The molecule has 1 aliphatic heterocycles. The van der Waals surface area contributed by atoms with Crippen LogP contribution in [0.2, 0.25) is 0 Å². The van der Waals surface area contributed by atoms with Crippen LogP contribution in [0.25, 0.3) is 0 Å². The standard InChI is InChI=1S/C9H16N2O/c1-3-10(2)9(12)11-7-5-4-6-8-11/h4-5H,3,6-8H2,1-2H3. The average molecular weight is 168 g/mol. The minimum atomic E-state index is 0.141. The summed E-state index contributed by atoms with van der Waals surface area (Å²) in [5.74, 6) is 0. The van der Waals surface area contributed by atoms with Gasteiger partial charge >= 0.3 is 6.03 Å². The molecule has 0 unspecified atom stereocenters. The van der Waals surface area contributed by atoms with E-state index in [-0.39, 0.29) is 6.03 Å². The third-order valence-corrected chi connectivity index (χ3v) is 2.13. The van der Waals surface area contributed by atoms with Gasteiger partial charge in [-0.2, -0.15) is 0 Å². The highest BCUT2D eigenvalue weighted by Crippen LogP contribution is 2.03. The zero-order chi connectivity index (χ0) is 8.97. The number of carbonyl (C=O) groups is 1. The van der Waals surface area contributed by atoms with Crippen molar-refractivity contribution < 1.29 is 4.79 Å². The van der Waals surface area contributed by atoms with E-state index in [1.54, 1.807) is 4.90 Å². The predicted octanol–water partition coefficient (Wildman–Crippen LogP) is 1.32. The van der Waals surface area contributed by atoms with Crippen molar-refractivity contribution in [3.63, 3.8) is 0 Å². The van der Waals surface area contributed by atoms with Gasteiger partial charge in [-0.25, -0.2) is 4.79 Å². The molecule has 0 aromatic carbocycles. The third kappa shape index (κ3) is 2.00. The summed E-state index contributed by atoms with van der Waals surface area (Å²) in [6.07, 6.45) is 5.16. The second-order valence-electron chi connectivity index (χ2n) is 3.00. The van der Waals surface area contributed by atoms with Gasteiger partial charge in [-0.05, 0) is 13.3 Å². The van der Waals surface area contributed by atoms with Crippen LogP contribution < -0.4 is 0 Å². The van der Waals surface area contributed by atoms with E-state index in [1.165, 1.54) is 0 Å². The molecule has 0 aliphatic carbocycles. The van der Waals surface area contributed by atoms with E-state index in [1.807, 2.05) is 24.9 Å². The maximum absolute atomic E-state index is 11.5. The number of rotatable bonds is 1. The fraction of sp³-hybridized carbons (Fsp3) is 0.667. The second kappa shape index (κ2) is 4.14. The third-order valence-electron chi connectivity index (χ3n) is 2.13. The summed E-state index contributed by atoms with van der Waals surface area (Å²) in [5.41, 5.74) is 0. The lowest BCUT2D eigenvalue weighted by atomic mass is 10.2. The van der Waals surface area contributed by atoms with E-state index in [9.17, 15) is 4.79 Å². The lowest BCUT2D eigenvalue weighted by molar-refractivity contribution is 0.169. The first-order chi connectivity index (χ1) is 5.75. The van der Waals surface area contributed by atoms with Gasteiger partial charge in [0.15, 0.2) is 0 Å². The summed E-state index contributed by atoms with van der Waals surface area (Å²) in [6.45, 7) is 4.39. The topological polar surface area (TPSA) is 23.6 Å². The monoisotopic (exact) mass is 168 g/mol. The number of nitrogens with zero attached hydrogens (tertiary/aromatic N) is 2. The van der Waals surface area contributed by atoms with E-state index in [4.69, 9.17) is 0 Å². The summed E-state index contributed by atoms with van der Waals surface area (Å²) in [7, 11) is 1.83. The number of urea groups is 1. The minimum Gasteiger partial charge on any atom is -0.328 e. The van der Waals surface area contributed by atoms with Crippen LogP contribution in [0.15, 0.2) is 12.2 Å². The molecule has 0 saturated heterocycles. The molecule has 2 amide bonds. The van der Waals surface area contributed by atoms with Crippen LogP contribution in [0.3, 0.4) is 0 Å². The predicted molar refractivity (Wildman–Crippen MR) is 49.0 cm³/mol. The smallest absolute Gasteiger partial charge is 0.320 e. The van der Waals surface area contributed by atoms with Gasteiger partial charge in [-0.1, -0.05) is 12.2 Å². The largest absolute Gasteiger partial charge is 0.328 e. The zero-order valence-corrected chi connectivity index (χ0v) is 7.79. The SMILES string of the molecule is CCN(C)C(=O)N1CC=CCC1. The molecule has 0 radical (unpaired) electrons. The van der Waals surface area contributed by atoms with E-state index in [0.717, 1.165) is 26.1 Å². The Hall–Kier alpha value is -0.990. The first-order valence-electron chi connectivity index (χ1n) is 4.40. The second-order valence-corrected chi connectivity index (χ2v) is 3.00. The number of carbonyl (C=O) groups excluding carboxylic acids is 1. The van der Waals surface area contributed by atoms with Crippen molar-refractivity contribution in [3.05, 3.63) is 12.2 Å². The Morgan fingerprint density at radius 2 is 2.33 bits per heavy atom. The molecule has 0 N–H and O–H groups in total. The van der Waals surface area contributed by atoms with Crippen molar-refractivity contribution in [1.82, 2.24) is 9.80 Å². The van der Waals surface area contributed by atoms with E-state index in [2.05, 4.69) is 6.08 Å². The summed E-state index contributed by atoms with van der Waals surface area (Å²) < 4.78 is 0. The molecular formula is C9H16N2O. The Labute approximate surface area is 73.6 Å². The van der Waals surface area contributed by atoms with Crippen LogP contribution >= 0.6 is 0 Å². The van der Waals surface area contributed by atoms with Crippen molar-refractivity contribution in [2.45, 2.75) is 13.3 Å². The Kier molecular flexibility index (Phi) is 3.14. The molecule has 1 aliphatic rings. The molecule has 3 nitrogen and oxygen atoms in total. The van der Waals surface area contributed by atoms with Gasteiger partial charge in [0.1, 0.15) is 0 Å². The quantitative estimate of drug-likeness (QED) is 0.542. The van der Waals surface area contributed by atoms with Crippen molar-refractivity contribution >= 4 is 6.03 Å². The summed E-state index contributed by atoms with van der Waals surface area (Å²) in [6, 6.07) is 0.141. The first-order valence-corrected chi connectivity index (χ1v) is 4.40. The summed E-state index contributed by atoms with van der Waals surface area (Å²) in [5, 5.41) is 0. The molecule has 0 spiro atoms. The summed E-state index contributed by atoms with van der Waals surface area (Å²) >= 11 is 0. The molecule has 0 atom stereocenters. The lowest BCUT2D eigenvalue weighted by Crippen LogP contribution is -2.42. The van der Waals surface area contributed by atoms with Crippen LogP contribution in [0.5, 0.6) is 0 Å². The Morgan fingerprint density at radius 3 is 2.83 bits per heavy atom. The number of hydrogen-bond donors (Lipinski definition) is 0. The molecule has 0 saturated carbocycles. The van der Waals surface area contributed by atoms with Crippen LogP contribution in [-0.2, 0) is 0 Å². The van der Waals surface area contributed by atoms with Gasteiger partial charge in [0, 0.05) is 26.7 Å². The van der Waals surface area contributed by atoms with E-state index >= 15 is 0 Å². The molecule has 1 heterocycles. The Bertz CT molecular complexity index is 189. The lowest BCUT2D eigenvalue weighted by Gasteiger charge is -2.28. The highest BCUT2D eigenvalue weighted by molar-refractivity contribution is 5.74. The fourth-order valence-corrected chi connectivity index (χ4v) is 1.19. The molecule has 12 heavy (non-hydrogen) atoms. The normalized spacial score (nSPS) is 16.3. The van der Waals surface area contributed by atoms with Crippen molar-refractivity contribution in [3.8, 4) is 0 Å². The maximum atomic E-state index is 11.5. The molecular weight excluding hydrogens is 152 g/mol. The van der Waals surface area contributed by atoms with Crippen LogP contribution in [-0.4, -0.2) is 42.5 Å². The highest BCUT2D eigenvalue weighted by Gasteiger charge is 2.15. The highest BCUT2D eigenvalue weighted by atomic mass is 16.2. The minimum absolute atomic E-state index is 0.141. The molecule has 68 valence electrons. The van der Waals surface area contributed by atoms with Crippen molar-refractivity contribution in [1.29, 1.82) is 0 Å². The van der Waals surface area contributed by atoms with E-state index < -0.39 is 0 Å². The van der Waals surface area contributed by atoms with Crippen molar-refractivity contribution in [2.75, 3.05) is 26.7 Å². The molecule has 0 aromatic rings. The van der Waals surface area contributed by atoms with Crippen molar-refractivity contribution in [2.24, 2.45) is 0 Å². The number of hydrogen-bond acceptors (Lipinski definition) is 1. The molecule has 0 bridgehead atoms. The Morgan fingerprint density at radius 1 is 1.58 bits per heavy atom. The van der Waals surface area contributed by atoms with Crippen LogP contribution in [0.1, 0.15) is 13.3 Å². The van der Waals surface area contributed by atoms with E-state index in [0.29, 0.717) is 0 Å². The van der Waals surface area contributed by atoms with Gasteiger partial charge in [-0.3, -0.25) is 0 Å². The first kappa shape index (κ1) is 9.10. The number of amides is 2. The molecule has 0 aromatic heterocycles. The van der Waals surface area contributed by atoms with Gasteiger partial charge in [0.25, 0.3) is 0 Å². The fourth-order valence-electron chi connectivity index (χ4n) is 1.19. The van der Waals surface area contributed by atoms with Crippen LogP contribution in [0, 0.1) is 0 Å². The average Bonchev–Trinajstić information content (AvgIpc) is 2.17. The summed E-state index contributed by atoms with van der Waals surface area (Å²) in [4.78, 5) is 15.1. The molecule has 1 rings (SSSR count).